The van der Waals surface area contributed by atoms with Gasteiger partial charge in [-0.15, -0.1) is 0 Å². The third-order valence-electron chi connectivity index (χ3n) is 6.54. The molecule has 2 aliphatic heterocycles. The van der Waals surface area contributed by atoms with Crippen molar-refractivity contribution in [2.24, 2.45) is 0 Å². The highest BCUT2D eigenvalue weighted by molar-refractivity contribution is 7.89. The number of piperidine rings is 1. The number of nitrogens with one attached hydrogen (secondary N) is 1. The molecular formula is C25H31N3O4S. The number of sulfonamides is 1. The maximum Gasteiger partial charge on any atom is 0.243 e. The van der Waals surface area contributed by atoms with E-state index in [1.807, 2.05) is 31.2 Å². The molecule has 4 rings (SSSR count). The monoisotopic (exact) mass is 469 g/mol. The lowest BCUT2D eigenvalue weighted by Crippen LogP contribution is -2.42. The Morgan fingerprint density at radius 3 is 2.48 bits per heavy atom. The van der Waals surface area contributed by atoms with Crippen molar-refractivity contribution in [3.05, 3.63) is 59.2 Å². The Bertz CT molecular complexity index is 1180. The Kier molecular flexibility index (Phi) is 6.33. The molecule has 176 valence electrons. The van der Waals surface area contributed by atoms with Gasteiger partial charge < -0.3 is 10.2 Å². The zero-order valence-corrected chi connectivity index (χ0v) is 20.2. The van der Waals surface area contributed by atoms with E-state index in [1.165, 1.54) is 9.21 Å². The molecular weight excluding hydrogens is 438 g/mol. The minimum Gasteiger partial charge on any atom is -0.350 e. The van der Waals surface area contributed by atoms with Crippen LogP contribution in [0.4, 0.5) is 5.69 Å². The average molecular weight is 470 g/mol. The number of hydrogen-bond acceptors (Lipinski definition) is 4. The van der Waals surface area contributed by atoms with Gasteiger partial charge in [0.15, 0.2) is 0 Å². The zero-order valence-electron chi connectivity index (χ0n) is 19.4. The van der Waals surface area contributed by atoms with Crippen LogP contribution in [0.3, 0.4) is 0 Å². The van der Waals surface area contributed by atoms with E-state index in [0.29, 0.717) is 30.9 Å². The van der Waals surface area contributed by atoms with Crippen molar-refractivity contribution in [2.75, 3.05) is 24.5 Å². The summed E-state index contributed by atoms with van der Waals surface area (Å²) in [5, 5.41) is 2.88. The van der Waals surface area contributed by atoms with Crippen molar-refractivity contribution < 1.29 is 18.0 Å². The number of rotatable bonds is 6. The molecule has 0 aliphatic carbocycles. The predicted octanol–water partition coefficient (Wildman–Crippen LogP) is 3.11. The first-order valence-electron chi connectivity index (χ1n) is 11.4. The highest BCUT2D eigenvalue weighted by atomic mass is 32.2. The number of amides is 2. The first-order valence-corrected chi connectivity index (χ1v) is 12.8. The van der Waals surface area contributed by atoms with Gasteiger partial charge in [-0.1, -0.05) is 36.2 Å². The van der Waals surface area contributed by atoms with Gasteiger partial charge in [-0.05, 0) is 62.9 Å². The minimum absolute atomic E-state index is 0.112. The van der Waals surface area contributed by atoms with Crippen LogP contribution in [0, 0.1) is 6.92 Å². The van der Waals surface area contributed by atoms with Crippen molar-refractivity contribution in [1.82, 2.24) is 9.62 Å². The molecule has 0 radical (unpaired) electrons. The standard InChI is InChI=1S/C25H31N3O4S/c1-18-8-7-9-19(14-18)16-26-23(29)17-28-22-11-10-20(15-21(22)25(2,3)24(28)30)33(31,32)27-12-5-4-6-13-27/h7-11,14-15H,4-6,12-13,16-17H2,1-3H3,(H,26,29). The fraction of sp³-hybridized carbons (Fsp3) is 0.440. The first-order chi connectivity index (χ1) is 15.6. The largest absolute Gasteiger partial charge is 0.350 e. The molecule has 1 N–H and O–H groups in total. The van der Waals surface area contributed by atoms with E-state index in [1.54, 1.807) is 32.0 Å². The molecule has 1 saturated heterocycles. The molecule has 0 atom stereocenters. The van der Waals surface area contributed by atoms with E-state index in [4.69, 9.17) is 0 Å². The van der Waals surface area contributed by atoms with E-state index >= 15 is 0 Å². The number of hydrogen-bond donors (Lipinski definition) is 1. The molecule has 8 heteroatoms. The molecule has 0 saturated carbocycles. The number of fused-ring (bicyclic) bond motifs is 1. The van der Waals surface area contributed by atoms with Crippen molar-refractivity contribution in [3.8, 4) is 0 Å². The van der Waals surface area contributed by atoms with Crippen molar-refractivity contribution in [2.45, 2.75) is 56.9 Å². The van der Waals surface area contributed by atoms with Crippen LogP contribution in [0.2, 0.25) is 0 Å². The molecule has 0 aromatic heterocycles. The second-order valence-electron chi connectivity index (χ2n) is 9.43. The summed E-state index contributed by atoms with van der Waals surface area (Å²) in [6.07, 6.45) is 2.76. The molecule has 7 nitrogen and oxygen atoms in total. The van der Waals surface area contributed by atoms with Crippen molar-refractivity contribution >= 4 is 27.5 Å². The molecule has 2 aromatic carbocycles. The number of aryl methyl sites for hydroxylation is 1. The fourth-order valence-electron chi connectivity index (χ4n) is 4.61. The van der Waals surface area contributed by atoms with Gasteiger partial charge in [0.05, 0.1) is 10.3 Å². The third kappa shape index (κ3) is 4.54. The van der Waals surface area contributed by atoms with Crippen LogP contribution in [0.1, 0.15) is 49.8 Å². The second kappa shape index (κ2) is 8.91. The molecule has 1 fully saturated rings. The average Bonchev–Trinajstić information content (AvgIpc) is 2.98. The van der Waals surface area contributed by atoms with E-state index in [0.717, 1.165) is 30.4 Å². The maximum atomic E-state index is 13.2. The van der Waals surface area contributed by atoms with Gasteiger partial charge in [0.25, 0.3) is 0 Å². The maximum absolute atomic E-state index is 13.2. The lowest BCUT2D eigenvalue weighted by molar-refractivity contribution is -0.125. The van der Waals surface area contributed by atoms with Gasteiger partial charge in [-0.2, -0.15) is 4.31 Å². The summed E-state index contributed by atoms with van der Waals surface area (Å²) in [4.78, 5) is 27.5. The summed E-state index contributed by atoms with van der Waals surface area (Å²) in [6, 6.07) is 12.7. The highest BCUT2D eigenvalue weighted by Gasteiger charge is 2.45. The summed E-state index contributed by atoms with van der Waals surface area (Å²) in [5.74, 6) is -0.478. The Labute approximate surface area is 195 Å². The van der Waals surface area contributed by atoms with Gasteiger partial charge in [-0.3, -0.25) is 9.59 Å². The minimum atomic E-state index is -3.61. The van der Waals surface area contributed by atoms with Crippen molar-refractivity contribution in [3.63, 3.8) is 0 Å². The number of benzene rings is 2. The summed E-state index contributed by atoms with van der Waals surface area (Å²) in [7, 11) is -3.61. The second-order valence-corrected chi connectivity index (χ2v) is 11.4. The van der Waals surface area contributed by atoms with E-state index in [-0.39, 0.29) is 23.3 Å². The SMILES string of the molecule is Cc1cccc(CNC(=O)CN2C(=O)C(C)(C)c3cc(S(=O)(=O)N4CCCCC4)ccc32)c1. The van der Waals surface area contributed by atoms with Crippen LogP contribution in [-0.2, 0) is 31.6 Å². The molecule has 2 aliphatic rings. The molecule has 2 heterocycles. The summed E-state index contributed by atoms with van der Waals surface area (Å²) >= 11 is 0. The van der Waals surface area contributed by atoms with Crippen LogP contribution in [0.15, 0.2) is 47.4 Å². The van der Waals surface area contributed by atoms with Crippen LogP contribution in [-0.4, -0.2) is 44.2 Å². The Morgan fingerprint density at radius 2 is 1.79 bits per heavy atom. The Morgan fingerprint density at radius 1 is 1.06 bits per heavy atom. The highest BCUT2D eigenvalue weighted by Crippen LogP contribution is 2.42. The lowest BCUT2D eigenvalue weighted by Gasteiger charge is -2.26. The molecule has 33 heavy (non-hydrogen) atoms. The molecule has 2 amide bonds. The number of carbonyl (C=O) groups excluding carboxylic acids is 2. The van der Waals surface area contributed by atoms with Crippen molar-refractivity contribution in [1.29, 1.82) is 0 Å². The summed E-state index contributed by atoms with van der Waals surface area (Å²) < 4.78 is 27.8. The Hall–Kier alpha value is -2.71. The molecule has 0 spiro atoms. The topological polar surface area (TPSA) is 86.8 Å². The van der Waals surface area contributed by atoms with Crippen LogP contribution in [0.25, 0.3) is 0 Å². The quantitative estimate of drug-likeness (QED) is 0.704. The molecule has 2 aromatic rings. The van der Waals surface area contributed by atoms with Gasteiger partial charge >= 0.3 is 0 Å². The fourth-order valence-corrected chi connectivity index (χ4v) is 6.15. The number of carbonyl (C=O) groups is 2. The predicted molar refractivity (Wildman–Crippen MR) is 127 cm³/mol. The summed E-state index contributed by atoms with van der Waals surface area (Å²) in [6.45, 7) is 6.86. The van der Waals surface area contributed by atoms with Crippen LogP contribution < -0.4 is 10.2 Å². The van der Waals surface area contributed by atoms with Crippen LogP contribution >= 0.6 is 0 Å². The van der Waals surface area contributed by atoms with E-state index in [2.05, 4.69) is 5.32 Å². The van der Waals surface area contributed by atoms with Gasteiger partial charge in [-0.25, -0.2) is 8.42 Å². The number of nitrogens with zero attached hydrogens (tertiary/aromatic N) is 2. The normalized spacial score (nSPS) is 18.3. The van der Waals surface area contributed by atoms with Gasteiger partial charge in [0, 0.05) is 25.3 Å². The Balaban J connectivity index is 1.54. The number of anilines is 1. The van der Waals surface area contributed by atoms with Gasteiger partial charge in [0.1, 0.15) is 6.54 Å². The smallest absolute Gasteiger partial charge is 0.243 e. The lowest BCUT2D eigenvalue weighted by atomic mass is 9.86. The zero-order chi connectivity index (χ0) is 23.8. The van der Waals surface area contributed by atoms with Crippen LogP contribution in [0.5, 0.6) is 0 Å². The van der Waals surface area contributed by atoms with Gasteiger partial charge in [0.2, 0.25) is 21.8 Å². The summed E-state index contributed by atoms with van der Waals surface area (Å²) in [5.41, 5.74) is 2.41. The van der Waals surface area contributed by atoms with E-state index < -0.39 is 15.4 Å². The molecule has 0 unspecified atom stereocenters. The first kappa shape index (κ1) is 23.4. The third-order valence-corrected chi connectivity index (χ3v) is 8.43. The van der Waals surface area contributed by atoms with E-state index in [9.17, 15) is 18.0 Å². The molecule has 0 bridgehead atoms.